The number of thiazole rings is 1. The molecule has 2 saturated carbocycles. The van der Waals surface area contributed by atoms with E-state index in [-0.39, 0.29) is 5.91 Å². The fourth-order valence-electron chi connectivity index (χ4n) is 4.18. The van der Waals surface area contributed by atoms with Gasteiger partial charge in [-0.15, -0.1) is 11.3 Å². The lowest BCUT2D eigenvalue weighted by atomic mass is 9.86. The Hall–Kier alpha value is -2.15. The molecule has 126 valence electrons. The van der Waals surface area contributed by atoms with Gasteiger partial charge in [0.2, 0.25) is 5.91 Å². The summed E-state index contributed by atoms with van der Waals surface area (Å²) in [5.74, 6) is 1.70. The molecule has 7 heteroatoms. The van der Waals surface area contributed by atoms with Gasteiger partial charge in [0.1, 0.15) is 5.69 Å². The normalized spacial score (nSPS) is 25.1. The molecule has 2 aromatic rings. The molecule has 3 atom stereocenters. The summed E-state index contributed by atoms with van der Waals surface area (Å²) in [6.07, 6.45) is 7.46. The van der Waals surface area contributed by atoms with E-state index in [1.807, 2.05) is 5.38 Å². The second-order valence-electron chi connectivity index (χ2n) is 6.89. The van der Waals surface area contributed by atoms with Crippen LogP contribution >= 0.6 is 11.3 Å². The third kappa shape index (κ3) is 2.96. The van der Waals surface area contributed by atoms with Crippen LogP contribution in [0.1, 0.15) is 42.6 Å². The third-order valence-electron chi connectivity index (χ3n) is 5.33. The quantitative estimate of drug-likeness (QED) is 0.777. The maximum Gasteiger partial charge on any atom is 0.265 e. The molecule has 6 nitrogen and oxygen atoms in total. The zero-order chi connectivity index (χ0) is 16.7. The molecule has 2 fully saturated rings. The van der Waals surface area contributed by atoms with E-state index in [0.717, 1.165) is 23.1 Å². The van der Waals surface area contributed by atoms with Crippen molar-refractivity contribution in [1.29, 1.82) is 0 Å². The number of H-pyrrole nitrogens is 1. The highest BCUT2D eigenvalue weighted by molar-refractivity contribution is 7.14. The van der Waals surface area contributed by atoms with E-state index in [9.17, 15) is 9.59 Å². The van der Waals surface area contributed by atoms with Crippen LogP contribution in [-0.2, 0) is 4.79 Å². The molecule has 2 amide bonds. The molecule has 2 aliphatic rings. The summed E-state index contributed by atoms with van der Waals surface area (Å²) in [5.41, 5.74) is 7.09. The smallest absolute Gasteiger partial charge is 0.265 e. The zero-order valence-electron chi connectivity index (χ0n) is 13.2. The van der Waals surface area contributed by atoms with Gasteiger partial charge in [0, 0.05) is 23.6 Å². The van der Waals surface area contributed by atoms with Gasteiger partial charge in [-0.05, 0) is 43.1 Å². The van der Waals surface area contributed by atoms with Crippen molar-refractivity contribution in [3.05, 3.63) is 23.3 Å². The van der Waals surface area contributed by atoms with Gasteiger partial charge in [0.15, 0.2) is 5.13 Å². The number of nitrogens with one attached hydrogen (secondary N) is 2. The van der Waals surface area contributed by atoms with E-state index in [4.69, 9.17) is 5.73 Å². The van der Waals surface area contributed by atoms with E-state index in [0.29, 0.717) is 23.2 Å². The fourth-order valence-corrected chi connectivity index (χ4v) is 4.92. The summed E-state index contributed by atoms with van der Waals surface area (Å²) in [6, 6.07) is 1.66. The number of aromatic amines is 1. The molecule has 0 aliphatic heterocycles. The van der Waals surface area contributed by atoms with Crippen LogP contribution in [0.25, 0.3) is 11.3 Å². The van der Waals surface area contributed by atoms with Crippen LogP contribution in [0, 0.1) is 17.8 Å². The molecule has 0 unspecified atom stereocenters. The second kappa shape index (κ2) is 6.05. The summed E-state index contributed by atoms with van der Waals surface area (Å²) in [4.78, 5) is 30.7. The number of aromatic nitrogens is 2. The number of rotatable bonds is 5. The van der Waals surface area contributed by atoms with Crippen molar-refractivity contribution in [3.63, 3.8) is 0 Å². The molecule has 4 rings (SSSR count). The topological polar surface area (TPSA) is 101 Å². The first-order valence-corrected chi connectivity index (χ1v) is 9.20. The lowest BCUT2D eigenvalue weighted by Gasteiger charge is -2.20. The number of hydrogen-bond donors (Lipinski definition) is 3. The number of amides is 2. The molecular weight excluding hydrogens is 324 g/mol. The van der Waals surface area contributed by atoms with Crippen LogP contribution in [-0.4, -0.2) is 21.8 Å². The minimum absolute atomic E-state index is 0.0559. The molecule has 24 heavy (non-hydrogen) atoms. The van der Waals surface area contributed by atoms with Gasteiger partial charge in [-0.25, -0.2) is 4.98 Å². The predicted octanol–water partition coefficient (Wildman–Crippen LogP) is 3.00. The average molecular weight is 344 g/mol. The summed E-state index contributed by atoms with van der Waals surface area (Å²) in [7, 11) is 0. The number of nitrogens with zero attached hydrogens (tertiary/aromatic N) is 1. The Labute approximate surface area is 143 Å². The van der Waals surface area contributed by atoms with E-state index < -0.39 is 5.91 Å². The summed E-state index contributed by atoms with van der Waals surface area (Å²) >= 11 is 1.39. The summed E-state index contributed by atoms with van der Waals surface area (Å²) in [5, 5.41) is 5.37. The molecule has 0 radical (unpaired) electrons. The Kier molecular flexibility index (Phi) is 3.88. The largest absolute Gasteiger partial charge is 0.364 e. The standard InChI is InChI=1S/C17H20N4O2S/c18-16(23)13-5-12(7-19-13)14-8-24-17(20-14)21-15(22)6-11-4-9-1-2-10(11)3-9/h5,7-11,19H,1-4,6H2,(H2,18,23)(H,20,21,22)/t9-,10-,11-/m0/s1. The van der Waals surface area contributed by atoms with Crippen LogP contribution in [0.2, 0.25) is 0 Å². The molecule has 0 spiro atoms. The molecule has 2 aromatic heterocycles. The van der Waals surface area contributed by atoms with Gasteiger partial charge in [-0.3, -0.25) is 9.59 Å². The highest BCUT2D eigenvalue weighted by Gasteiger charge is 2.40. The molecule has 0 aromatic carbocycles. The van der Waals surface area contributed by atoms with Crippen LogP contribution in [0.5, 0.6) is 0 Å². The summed E-state index contributed by atoms with van der Waals surface area (Å²) < 4.78 is 0. The van der Waals surface area contributed by atoms with Crippen molar-refractivity contribution in [2.45, 2.75) is 32.1 Å². The minimum Gasteiger partial charge on any atom is -0.364 e. The highest BCUT2D eigenvalue weighted by Crippen LogP contribution is 2.49. The van der Waals surface area contributed by atoms with E-state index >= 15 is 0 Å². The Morgan fingerprint density at radius 1 is 1.38 bits per heavy atom. The molecule has 2 aliphatic carbocycles. The van der Waals surface area contributed by atoms with E-state index in [1.54, 1.807) is 12.3 Å². The lowest BCUT2D eigenvalue weighted by molar-refractivity contribution is -0.117. The molecule has 0 saturated heterocycles. The SMILES string of the molecule is NC(=O)c1cc(-c2csc(NC(=O)C[C@@H]3C[C@H]4CC[C@H]3C4)n2)c[nH]1. The van der Waals surface area contributed by atoms with Gasteiger partial charge in [0.05, 0.1) is 5.69 Å². The van der Waals surface area contributed by atoms with Crippen molar-refractivity contribution in [1.82, 2.24) is 9.97 Å². The predicted molar refractivity (Wildman–Crippen MR) is 92.6 cm³/mol. The zero-order valence-corrected chi connectivity index (χ0v) is 14.1. The van der Waals surface area contributed by atoms with Crippen LogP contribution < -0.4 is 11.1 Å². The first-order valence-electron chi connectivity index (χ1n) is 8.32. The molecule has 2 heterocycles. The van der Waals surface area contributed by atoms with Crippen molar-refractivity contribution in [2.75, 3.05) is 5.32 Å². The Balaban J connectivity index is 1.37. The van der Waals surface area contributed by atoms with E-state index in [2.05, 4.69) is 15.3 Å². The fraction of sp³-hybridized carbons (Fsp3) is 0.471. The maximum absolute atomic E-state index is 12.3. The number of nitrogens with two attached hydrogens (primary N) is 1. The van der Waals surface area contributed by atoms with Crippen molar-refractivity contribution in [2.24, 2.45) is 23.5 Å². The molecule has 2 bridgehead atoms. The van der Waals surface area contributed by atoms with Crippen LogP contribution in [0.3, 0.4) is 0 Å². The van der Waals surface area contributed by atoms with E-state index in [1.165, 1.54) is 37.0 Å². The second-order valence-corrected chi connectivity index (χ2v) is 7.75. The van der Waals surface area contributed by atoms with Gasteiger partial charge in [-0.2, -0.15) is 0 Å². The van der Waals surface area contributed by atoms with Crippen LogP contribution in [0.15, 0.2) is 17.6 Å². The lowest BCUT2D eigenvalue weighted by Crippen LogP contribution is -2.20. The van der Waals surface area contributed by atoms with Gasteiger partial charge in [0.25, 0.3) is 5.91 Å². The first kappa shape index (κ1) is 15.4. The first-order chi connectivity index (χ1) is 11.6. The number of carbonyl (C=O) groups excluding carboxylic acids is 2. The Morgan fingerprint density at radius 2 is 2.25 bits per heavy atom. The van der Waals surface area contributed by atoms with Gasteiger partial charge >= 0.3 is 0 Å². The molecular formula is C17H20N4O2S. The Bertz CT molecular complexity index is 781. The van der Waals surface area contributed by atoms with Gasteiger partial charge < -0.3 is 16.0 Å². The summed E-state index contributed by atoms with van der Waals surface area (Å²) in [6.45, 7) is 0. The van der Waals surface area contributed by atoms with Crippen molar-refractivity contribution >= 4 is 28.3 Å². The molecule has 4 N–H and O–H groups in total. The van der Waals surface area contributed by atoms with Crippen molar-refractivity contribution < 1.29 is 9.59 Å². The van der Waals surface area contributed by atoms with Crippen molar-refractivity contribution in [3.8, 4) is 11.3 Å². The third-order valence-corrected chi connectivity index (χ3v) is 6.08. The average Bonchev–Trinajstić information content (AvgIpc) is 3.31. The minimum atomic E-state index is -0.504. The Morgan fingerprint density at radius 3 is 2.92 bits per heavy atom. The highest BCUT2D eigenvalue weighted by atomic mass is 32.1. The number of hydrogen-bond acceptors (Lipinski definition) is 4. The van der Waals surface area contributed by atoms with Gasteiger partial charge in [-0.1, -0.05) is 6.42 Å². The number of fused-ring (bicyclic) bond motifs is 2. The monoisotopic (exact) mass is 344 g/mol. The maximum atomic E-state index is 12.3. The number of primary amides is 1. The number of carbonyl (C=O) groups is 2. The van der Waals surface area contributed by atoms with Crippen LogP contribution in [0.4, 0.5) is 5.13 Å². The number of anilines is 1.